The average Bonchev–Trinajstić information content (AvgIpc) is 2.85. The Morgan fingerprint density at radius 1 is 1.35 bits per heavy atom. The average molecular weight is 357 g/mol. The Labute approximate surface area is 139 Å². The van der Waals surface area contributed by atoms with Gasteiger partial charge in [0.25, 0.3) is 5.91 Å². The molecule has 23 heavy (non-hydrogen) atoms. The molecular weight excluding hydrogens is 338 g/mol. The maximum Gasteiger partial charge on any atom is 0.317 e. The summed E-state index contributed by atoms with van der Waals surface area (Å²) in [5.74, 6) is -0.812. The minimum Gasteiger partial charge on any atom is -0.452 e. The van der Waals surface area contributed by atoms with Gasteiger partial charge in [0.1, 0.15) is 0 Å². The fourth-order valence-corrected chi connectivity index (χ4v) is 4.55. The van der Waals surface area contributed by atoms with Crippen LogP contribution in [0.15, 0.2) is 35.2 Å². The molecule has 1 aromatic rings. The minimum atomic E-state index is -3.05. The molecule has 6 nitrogen and oxygen atoms in total. The van der Waals surface area contributed by atoms with E-state index in [1.54, 1.807) is 0 Å². The SMILES string of the molecule is C[C@H](OC(=O)CSc1ccccc1)C(=O)N[C@@H]1CCS(=O)(=O)C1. The summed E-state index contributed by atoms with van der Waals surface area (Å²) in [7, 11) is -3.05. The van der Waals surface area contributed by atoms with Crippen LogP contribution in [0.2, 0.25) is 0 Å². The van der Waals surface area contributed by atoms with E-state index >= 15 is 0 Å². The summed E-state index contributed by atoms with van der Waals surface area (Å²) >= 11 is 1.33. The molecule has 2 atom stereocenters. The van der Waals surface area contributed by atoms with Crippen LogP contribution in [-0.4, -0.2) is 49.7 Å². The van der Waals surface area contributed by atoms with Crippen molar-refractivity contribution >= 4 is 33.5 Å². The molecule has 126 valence electrons. The Kier molecular flexibility index (Phi) is 6.06. The van der Waals surface area contributed by atoms with Gasteiger partial charge < -0.3 is 10.1 Å². The third-order valence-electron chi connectivity index (χ3n) is 3.36. The van der Waals surface area contributed by atoms with E-state index in [1.807, 2.05) is 30.3 Å². The number of amides is 1. The first-order chi connectivity index (χ1) is 10.9. The number of rotatable bonds is 6. The first-order valence-corrected chi connectivity index (χ1v) is 10.0. The van der Waals surface area contributed by atoms with E-state index in [1.165, 1.54) is 18.7 Å². The van der Waals surface area contributed by atoms with Gasteiger partial charge in [-0.1, -0.05) is 18.2 Å². The van der Waals surface area contributed by atoms with E-state index in [-0.39, 0.29) is 17.3 Å². The van der Waals surface area contributed by atoms with Gasteiger partial charge >= 0.3 is 5.97 Å². The van der Waals surface area contributed by atoms with Crippen LogP contribution in [0.5, 0.6) is 0 Å². The van der Waals surface area contributed by atoms with Crippen LogP contribution in [-0.2, 0) is 24.2 Å². The number of benzene rings is 1. The van der Waals surface area contributed by atoms with Crippen LogP contribution >= 0.6 is 11.8 Å². The van der Waals surface area contributed by atoms with Crippen molar-refractivity contribution in [2.75, 3.05) is 17.3 Å². The third kappa shape index (κ3) is 5.87. The fraction of sp³-hybridized carbons (Fsp3) is 0.467. The second-order valence-corrected chi connectivity index (χ2v) is 8.62. The van der Waals surface area contributed by atoms with Crippen molar-refractivity contribution in [1.82, 2.24) is 5.32 Å². The van der Waals surface area contributed by atoms with Crippen LogP contribution in [0.3, 0.4) is 0 Å². The van der Waals surface area contributed by atoms with Gasteiger partial charge in [0.2, 0.25) is 0 Å². The van der Waals surface area contributed by atoms with E-state index in [0.717, 1.165) is 4.90 Å². The van der Waals surface area contributed by atoms with Crippen molar-refractivity contribution in [2.24, 2.45) is 0 Å². The van der Waals surface area contributed by atoms with Crippen molar-refractivity contribution in [1.29, 1.82) is 0 Å². The van der Waals surface area contributed by atoms with Crippen molar-refractivity contribution in [3.8, 4) is 0 Å². The Hall–Kier alpha value is -1.54. The zero-order valence-corrected chi connectivity index (χ0v) is 14.4. The second kappa shape index (κ2) is 7.83. The molecule has 1 saturated heterocycles. The molecule has 0 radical (unpaired) electrons. The first-order valence-electron chi connectivity index (χ1n) is 7.24. The summed E-state index contributed by atoms with van der Waals surface area (Å²) in [6, 6.07) is 9.01. The van der Waals surface area contributed by atoms with Gasteiger partial charge in [0, 0.05) is 10.9 Å². The molecule has 0 spiro atoms. The molecule has 0 aliphatic carbocycles. The van der Waals surface area contributed by atoms with Gasteiger partial charge in [-0.25, -0.2) is 8.42 Å². The topological polar surface area (TPSA) is 89.5 Å². The molecule has 1 aliphatic heterocycles. The summed E-state index contributed by atoms with van der Waals surface area (Å²) in [4.78, 5) is 24.6. The number of carbonyl (C=O) groups is 2. The Morgan fingerprint density at radius 3 is 2.65 bits per heavy atom. The highest BCUT2D eigenvalue weighted by Crippen LogP contribution is 2.17. The molecule has 1 fully saturated rings. The number of hydrogen-bond acceptors (Lipinski definition) is 6. The smallest absolute Gasteiger partial charge is 0.317 e. The molecule has 1 amide bonds. The number of carbonyl (C=O) groups excluding carboxylic acids is 2. The Balaban J connectivity index is 1.73. The summed E-state index contributed by atoms with van der Waals surface area (Å²) in [6.45, 7) is 1.48. The molecule has 1 N–H and O–H groups in total. The Morgan fingerprint density at radius 2 is 2.04 bits per heavy atom. The monoisotopic (exact) mass is 357 g/mol. The fourth-order valence-electron chi connectivity index (χ4n) is 2.17. The normalized spacial score (nSPS) is 20.7. The van der Waals surface area contributed by atoms with Gasteiger partial charge in [-0.15, -0.1) is 11.8 Å². The lowest BCUT2D eigenvalue weighted by atomic mass is 10.2. The van der Waals surface area contributed by atoms with E-state index < -0.39 is 33.9 Å². The van der Waals surface area contributed by atoms with Crippen LogP contribution in [0, 0.1) is 0 Å². The second-order valence-electron chi connectivity index (χ2n) is 5.34. The van der Waals surface area contributed by atoms with Gasteiger partial charge in [0.15, 0.2) is 15.9 Å². The zero-order valence-electron chi connectivity index (χ0n) is 12.7. The predicted molar refractivity (Wildman–Crippen MR) is 87.9 cm³/mol. The van der Waals surface area contributed by atoms with E-state index in [0.29, 0.717) is 6.42 Å². The molecule has 0 bridgehead atoms. The van der Waals surface area contributed by atoms with Crippen LogP contribution in [0.1, 0.15) is 13.3 Å². The first kappa shape index (κ1) is 17.8. The third-order valence-corrected chi connectivity index (χ3v) is 6.11. The zero-order chi connectivity index (χ0) is 16.9. The maximum atomic E-state index is 11.9. The highest BCUT2D eigenvalue weighted by atomic mass is 32.2. The molecule has 1 aliphatic rings. The predicted octanol–water partition coefficient (Wildman–Crippen LogP) is 1.01. The molecular formula is C15H19NO5S2. The van der Waals surface area contributed by atoms with E-state index in [9.17, 15) is 18.0 Å². The largest absolute Gasteiger partial charge is 0.452 e. The molecule has 0 aromatic heterocycles. The lowest BCUT2D eigenvalue weighted by Gasteiger charge is -2.16. The number of thioether (sulfide) groups is 1. The van der Waals surface area contributed by atoms with Gasteiger partial charge in [-0.3, -0.25) is 9.59 Å². The van der Waals surface area contributed by atoms with E-state index in [2.05, 4.69) is 5.32 Å². The number of esters is 1. The van der Waals surface area contributed by atoms with Crippen molar-refractivity contribution in [3.63, 3.8) is 0 Å². The molecule has 8 heteroatoms. The lowest BCUT2D eigenvalue weighted by molar-refractivity contribution is -0.152. The molecule has 0 saturated carbocycles. The number of nitrogens with one attached hydrogen (secondary N) is 1. The van der Waals surface area contributed by atoms with Gasteiger partial charge in [-0.2, -0.15) is 0 Å². The van der Waals surface area contributed by atoms with Crippen molar-refractivity contribution in [3.05, 3.63) is 30.3 Å². The van der Waals surface area contributed by atoms with Crippen LogP contribution in [0.25, 0.3) is 0 Å². The van der Waals surface area contributed by atoms with Gasteiger partial charge in [-0.05, 0) is 25.5 Å². The van der Waals surface area contributed by atoms with Crippen LogP contribution < -0.4 is 5.32 Å². The molecule has 0 unspecified atom stereocenters. The highest BCUT2D eigenvalue weighted by molar-refractivity contribution is 8.00. The van der Waals surface area contributed by atoms with Crippen molar-refractivity contribution < 1.29 is 22.7 Å². The number of ether oxygens (including phenoxy) is 1. The number of sulfone groups is 1. The van der Waals surface area contributed by atoms with Crippen molar-refractivity contribution in [2.45, 2.75) is 30.4 Å². The lowest BCUT2D eigenvalue weighted by Crippen LogP contribution is -2.42. The number of hydrogen-bond donors (Lipinski definition) is 1. The standard InChI is InChI=1S/C15H19NO5S2/c1-11(15(18)16-12-7-8-23(19,20)10-12)21-14(17)9-22-13-5-3-2-4-6-13/h2-6,11-12H,7-10H2,1H3,(H,16,18)/t11-,12+/m0/s1. The van der Waals surface area contributed by atoms with Crippen LogP contribution in [0.4, 0.5) is 0 Å². The minimum absolute atomic E-state index is 0.0523. The molecule has 1 aromatic carbocycles. The molecule has 1 heterocycles. The maximum absolute atomic E-state index is 11.9. The van der Waals surface area contributed by atoms with E-state index in [4.69, 9.17) is 4.74 Å². The summed E-state index contributed by atoms with van der Waals surface area (Å²) in [5, 5.41) is 2.61. The summed E-state index contributed by atoms with van der Waals surface area (Å²) in [6.07, 6.45) is -0.541. The Bertz CT molecular complexity index is 660. The quantitative estimate of drug-likeness (QED) is 0.604. The van der Waals surface area contributed by atoms with Gasteiger partial charge in [0.05, 0.1) is 17.3 Å². The summed E-state index contributed by atoms with van der Waals surface area (Å²) < 4.78 is 27.8. The highest BCUT2D eigenvalue weighted by Gasteiger charge is 2.30. The summed E-state index contributed by atoms with van der Waals surface area (Å²) in [5.41, 5.74) is 0. The molecule has 2 rings (SSSR count).